The summed E-state index contributed by atoms with van der Waals surface area (Å²) in [6, 6.07) is 6.17. The number of likely N-dealkylation sites (N-methyl/N-ethyl adjacent to an activating group) is 1. The Labute approximate surface area is 182 Å². The lowest BCUT2D eigenvalue weighted by atomic mass is 9.91. The van der Waals surface area contributed by atoms with E-state index in [1.54, 1.807) is 0 Å². The Morgan fingerprint density at radius 1 is 1.19 bits per heavy atom. The lowest BCUT2D eigenvalue weighted by Crippen LogP contribution is -2.36. The molecule has 0 saturated carbocycles. The predicted octanol–water partition coefficient (Wildman–Crippen LogP) is 3.33. The summed E-state index contributed by atoms with van der Waals surface area (Å²) in [4.78, 5) is 22.9. The zero-order valence-electron chi connectivity index (χ0n) is 18.7. The number of carbonyl (C=O) groups excluding carboxylic acids is 1. The minimum Gasteiger partial charge on any atom is -0.366 e. The number of amides is 1. The molecule has 0 unspecified atom stereocenters. The molecule has 0 bridgehead atoms. The number of anilines is 3. The van der Waals surface area contributed by atoms with Crippen LogP contribution in [-0.2, 0) is 23.3 Å². The summed E-state index contributed by atoms with van der Waals surface area (Å²) >= 11 is 0. The van der Waals surface area contributed by atoms with E-state index in [0.717, 1.165) is 39.7 Å². The van der Waals surface area contributed by atoms with Crippen LogP contribution < -0.4 is 15.5 Å². The summed E-state index contributed by atoms with van der Waals surface area (Å²) < 4.78 is 1.92. The molecule has 162 valence electrons. The molecule has 0 saturated heterocycles. The molecular formula is C23H29N7O. The number of fused-ring (bicyclic) bond motifs is 1. The molecule has 0 fully saturated rings. The number of nitrogens with zero attached hydrogens (tertiary/aromatic N) is 5. The predicted molar refractivity (Wildman–Crippen MR) is 122 cm³/mol. The first kappa shape index (κ1) is 20.8. The second-order valence-electron chi connectivity index (χ2n) is 9.09. The molecule has 1 aliphatic heterocycles. The van der Waals surface area contributed by atoms with Gasteiger partial charge in [-0.2, -0.15) is 5.10 Å². The fraction of sp³-hybridized carbons (Fsp3) is 0.391. The number of hydrogen-bond donors (Lipinski definition) is 2. The van der Waals surface area contributed by atoms with E-state index < -0.39 is 0 Å². The van der Waals surface area contributed by atoms with Gasteiger partial charge < -0.3 is 15.5 Å². The summed E-state index contributed by atoms with van der Waals surface area (Å²) in [7, 11) is 1.91. The number of aromatic nitrogens is 4. The number of hydrogen-bond acceptors (Lipinski definition) is 6. The van der Waals surface area contributed by atoms with Crippen molar-refractivity contribution in [3.63, 3.8) is 0 Å². The van der Waals surface area contributed by atoms with E-state index in [2.05, 4.69) is 58.6 Å². The molecule has 8 nitrogen and oxygen atoms in total. The highest BCUT2D eigenvalue weighted by Gasteiger charge is 2.22. The molecule has 0 aromatic carbocycles. The molecule has 0 radical (unpaired) electrons. The van der Waals surface area contributed by atoms with Crippen molar-refractivity contribution in [1.82, 2.24) is 19.7 Å². The summed E-state index contributed by atoms with van der Waals surface area (Å²) in [5.41, 5.74) is 5.86. The van der Waals surface area contributed by atoms with E-state index in [4.69, 9.17) is 0 Å². The van der Waals surface area contributed by atoms with Crippen LogP contribution in [0, 0.1) is 6.92 Å². The third-order valence-electron chi connectivity index (χ3n) is 5.33. The van der Waals surface area contributed by atoms with Crippen LogP contribution in [0.1, 0.15) is 43.3 Å². The average molecular weight is 420 g/mol. The molecule has 2 N–H and O–H groups in total. The van der Waals surface area contributed by atoms with E-state index in [1.165, 1.54) is 0 Å². The van der Waals surface area contributed by atoms with E-state index in [0.29, 0.717) is 19.6 Å². The highest BCUT2D eigenvalue weighted by Crippen LogP contribution is 2.32. The van der Waals surface area contributed by atoms with Gasteiger partial charge in [0.15, 0.2) is 0 Å². The maximum absolute atomic E-state index is 11.8. The quantitative estimate of drug-likeness (QED) is 0.660. The maximum atomic E-state index is 11.8. The van der Waals surface area contributed by atoms with E-state index in [9.17, 15) is 4.79 Å². The monoisotopic (exact) mass is 419 g/mol. The minimum atomic E-state index is -0.0173. The van der Waals surface area contributed by atoms with Gasteiger partial charge in [-0.3, -0.25) is 14.5 Å². The fourth-order valence-corrected chi connectivity index (χ4v) is 3.61. The topological polar surface area (TPSA) is 88.0 Å². The molecule has 31 heavy (non-hydrogen) atoms. The van der Waals surface area contributed by atoms with Gasteiger partial charge in [-0.05, 0) is 18.6 Å². The molecule has 3 aromatic rings. The highest BCUT2D eigenvalue weighted by molar-refractivity contribution is 6.02. The lowest BCUT2D eigenvalue weighted by molar-refractivity contribution is -0.115. The van der Waals surface area contributed by atoms with Crippen LogP contribution in [0.4, 0.5) is 17.2 Å². The Balaban J connectivity index is 1.40. The van der Waals surface area contributed by atoms with Crippen molar-refractivity contribution in [1.29, 1.82) is 0 Å². The first-order chi connectivity index (χ1) is 14.7. The molecule has 1 amide bonds. The van der Waals surface area contributed by atoms with Gasteiger partial charge in [0.2, 0.25) is 5.91 Å². The van der Waals surface area contributed by atoms with Crippen molar-refractivity contribution in [2.75, 3.05) is 29.1 Å². The summed E-state index contributed by atoms with van der Waals surface area (Å²) in [6.07, 6.45) is 5.82. The van der Waals surface area contributed by atoms with E-state index in [-0.39, 0.29) is 11.3 Å². The Morgan fingerprint density at radius 3 is 2.71 bits per heavy atom. The van der Waals surface area contributed by atoms with Gasteiger partial charge >= 0.3 is 0 Å². The van der Waals surface area contributed by atoms with E-state index in [1.807, 2.05) is 48.2 Å². The molecule has 3 aromatic heterocycles. The molecule has 8 heteroatoms. The molecule has 0 aliphatic carbocycles. The first-order valence-corrected chi connectivity index (χ1v) is 10.4. The normalized spacial score (nSPS) is 13.7. The third-order valence-corrected chi connectivity index (χ3v) is 5.33. The van der Waals surface area contributed by atoms with Crippen LogP contribution in [0.2, 0.25) is 0 Å². The highest BCUT2D eigenvalue weighted by atomic mass is 16.2. The Bertz CT molecular complexity index is 1100. The molecule has 4 rings (SSSR count). The Kier molecular flexibility index (Phi) is 5.39. The van der Waals surface area contributed by atoms with Crippen LogP contribution in [0.3, 0.4) is 0 Å². The average Bonchev–Trinajstić information content (AvgIpc) is 3.14. The van der Waals surface area contributed by atoms with Gasteiger partial charge in [0.1, 0.15) is 5.82 Å². The zero-order chi connectivity index (χ0) is 22.2. The van der Waals surface area contributed by atoms with Crippen LogP contribution in [0.15, 0.2) is 36.8 Å². The summed E-state index contributed by atoms with van der Waals surface area (Å²) in [5, 5.41) is 10.8. The largest absolute Gasteiger partial charge is 0.366 e. The standard InChI is InChI=1S/C23H29N7O/c1-15-22-18(29(5)14-21(31)28-22)8-20(27-15)25-10-17-11-26-30(13-17)12-16-6-7-19(24-9-16)23(2,3)4/h6-9,11,13H,10,12,14H2,1-5H3,(H,25,27)(H,28,31). The van der Waals surface area contributed by atoms with Gasteiger partial charge in [-0.1, -0.05) is 26.8 Å². The SMILES string of the molecule is Cc1nc(NCc2cnn(Cc3ccc(C(C)(C)C)nc3)c2)cc2c1NC(=O)CN2C. The number of carbonyl (C=O) groups is 1. The second-order valence-corrected chi connectivity index (χ2v) is 9.09. The van der Waals surface area contributed by atoms with Crippen LogP contribution >= 0.6 is 0 Å². The lowest BCUT2D eigenvalue weighted by Gasteiger charge is -2.28. The summed E-state index contributed by atoms with van der Waals surface area (Å²) in [6.45, 7) is 10.0. The molecule has 4 heterocycles. The van der Waals surface area contributed by atoms with Crippen molar-refractivity contribution in [3.05, 3.63) is 59.3 Å². The number of rotatable bonds is 5. The van der Waals surface area contributed by atoms with Crippen LogP contribution in [-0.4, -0.2) is 39.2 Å². The minimum absolute atomic E-state index is 0.0173. The molecular weight excluding hydrogens is 390 g/mol. The number of nitrogens with one attached hydrogen (secondary N) is 2. The van der Waals surface area contributed by atoms with Gasteiger partial charge in [0.05, 0.1) is 36.4 Å². The van der Waals surface area contributed by atoms with Crippen LogP contribution in [0.25, 0.3) is 0 Å². The van der Waals surface area contributed by atoms with Crippen molar-refractivity contribution >= 4 is 23.1 Å². The van der Waals surface area contributed by atoms with Crippen molar-refractivity contribution in [3.8, 4) is 0 Å². The molecule has 1 aliphatic rings. The van der Waals surface area contributed by atoms with Gasteiger partial charge in [-0.25, -0.2) is 4.98 Å². The smallest absolute Gasteiger partial charge is 0.243 e. The van der Waals surface area contributed by atoms with Crippen LogP contribution in [0.5, 0.6) is 0 Å². The Morgan fingerprint density at radius 2 is 2.00 bits per heavy atom. The van der Waals surface area contributed by atoms with Gasteiger partial charge in [0, 0.05) is 48.7 Å². The van der Waals surface area contributed by atoms with Gasteiger partial charge in [-0.15, -0.1) is 0 Å². The van der Waals surface area contributed by atoms with E-state index >= 15 is 0 Å². The fourth-order valence-electron chi connectivity index (χ4n) is 3.61. The number of pyridine rings is 2. The summed E-state index contributed by atoms with van der Waals surface area (Å²) in [5.74, 6) is 0.755. The Hall–Kier alpha value is -3.42. The molecule has 0 atom stereocenters. The second kappa shape index (κ2) is 8.02. The number of aryl methyl sites for hydroxylation is 1. The van der Waals surface area contributed by atoms with Crippen molar-refractivity contribution < 1.29 is 4.79 Å². The first-order valence-electron chi connectivity index (χ1n) is 10.4. The zero-order valence-corrected chi connectivity index (χ0v) is 18.7. The van der Waals surface area contributed by atoms with Gasteiger partial charge in [0.25, 0.3) is 0 Å². The van der Waals surface area contributed by atoms with Crippen molar-refractivity contribution in [2.24, 2.45) is 0 Å². The third kappa shape index (κ3) is 4.68. The maximum Gasteiger partial charge on any atom is 0.243 e. The molecule has 0 spiro atoms. The van der Waals surface area contributed by atoms with Crippen molar-refractivity contribution in [2.45, 2.75) is 46.2 Å².